The van der Waals surface area contributed by atoms with E-state index in [0.29, 0.717) is 17.8 Å². The van der Waals surface area contributed by atoms with E-state index in [1.807, 2.05) is 0 Å². The first-order valence-corrected chi connectivity index (χ1v) is 32.4. The molecular weight excluding hydrogens is 1090 g/mol. The fourth-order valence-electron chi connectivity index (χ4n) is 18.0. The van der Waals surface area contributed by atoms with E-state index in [-0.39, 0.29) is 19.0 Å². The number of aromatic nitrogens is 1. The lowest BCUT2D eigenvalue weighted by molar-refractivity contribution is 0.000641. The molecule has 4 fully saturated rings. The van der Waals surface area contributed by atoms with E-state index < -0.39 is 0 Å². The SMILES string of the molecule is c1ccc(N(c2ccccc2)c2cc3c4c(c2)N(c2ccccc2)c2cc5c(cc2B4c2ccccc2N3c2ccccc2)B2c3ccccc3N(c3ccccc3)c3nc(N(c4ccccc4)c4ccccc4)cc(c32)N5C23CC4CC(CC(C4)C2)C3)cc1. The van der Waals surface area contributed by atoms with E-state index in [2.05, 4.69) is 321 Å². The molecule has 4 aliphatic carbocycles. The summed E-state index contributed by atoms with van der Waals surface area (Å²) in [7, 11) is 0. The number of nitrogens with zero attached hydrogens (tertiary/aromatic N) is 7. The van der Waals surface area contributed by atoms with Crippen molar-refractivity contribution in [3.63, 3.8) is 0 Å². The van der Waals surface area contributed by atoms with Crippen molar-refractivity contribution < 1.29 is 0 Å². The summed E-state index contributed by atoms with van der Waals surface area (Å²) in [4.78, 5) is 21.6. The van der Waals surface area contributed by atoms with Gasteiger partial charge in [-0.2, -0.15) is 0 Å². The Morgan fingerprint density at radius 2 is 0.700 bits per heavy atom. The number of anilines is 17. The molecule has 0 unspecified atom stereocenters. The number of para-hydroxylation sites is 9. The van der Waals surface area contributed by atoms with Crippen LogP contribution in [0.3, 0.4) is 0 Å². The van der Waals surface area contributed by atoms with Gasteiger partial charge >= 0.3 is 0 Å². The van der Waals surface area contributed by atoms with Crippen LogP contribution in [0.1, 0.15) is 38.5 Å². The Morgan fingerprint density at radius 3 is 1.19 bits per heavy atom. The predicted molar refractivity (Wildman–Crippen MR) is 376 cm³/mol. The molecule has 5 heterocycles. The van der Waals surface area contributed by atoms with Gasteiger partial charge in [-0.05, 0) is 204 Å². The monoisotopic (exact) mass is 1160 g/mol. The van der Waals surface area contributed by atoms with Crippen LogP contribution in [0.4, 0.5) is 96.9 Å². The normalized spacial score (nSPS) is 19.1. The maximum Gasteiger partial charge on any atom is 0.254 e. The highest BCUT2D eigenvalue weighted by Gasteiger charge is 2.58. The zero-order chi connectivity index (χ0) is 59.0. The number of rotatable bonds is 10. The van der Waals surface area contributed by atoms with Crippen LogP contribution in [-0.2, 0) is 0 Å². The summed E-state index contributed by atoms with van der Waals surface area (Å²) in [6.45, 7) is -0.264. The molecule has 0 saturated heterocycles. The Morgan fingerprint density at radius 1 is 0.311 bits per heavy atom. The summed E-state index contributed by atoms with van der Waals surface area (Å²) in [6, 6.07) is 108. The van der Waals surface area contributed by atoms with Gasteiger partial charge in [0.2, 0.25) is 0 Å². The summed E-state index contributed by atoms with van der Waals surface area (Å²) in [6.07, 6.45) is 7.53. The molecule has 9 heteroatoms. The van der Waals surface area contributed by atoms with Crippen LogP contribution in [0.15, 0.2) is 291 Å². The van der Waals surface area contributed by atoms with E-state index in [1.54, 1.807) is 0 Å². The van der Waals surface area contributed by atoms with Crippen molar-refractivity contribution in [2.75, 3.05) is 29.4 Å². The fourth-order valence-corrected chi connectivity index (χ4v) is 18.0. The first kappa shape index (κ1) is 51.5. The maximum atomic E-state index is 6.13. The van der Waals surface area contributed by atoms with Crippen molar-refractivity contribution in [1.29, 1.82) is 0 Å². The summed E-state index contributed by atoms with van der Waals surface area (Å²) in [5, 5.41) is 0. The summed E-state index contributed by atoms with van der Waals surface area (Å²) >= 11 is 0. The van der Waals surface area contributed by atoms with Gasteiger partial charge in [0, 0.05) is 91.2 Å². The Bertz CT molecular complexity index is 4630. The Balaban J connectivity index is 0.940. The molecule has 428 valence electrons. The van der Waals surface area contributed by atoms with Crippen molar-refractivity contribution in [1.82, 2.24) is 4.98 Å². The van der Waals surface area contributed by atoms with E-state index in [0.717, 1.165) is 62.8 Å². The van der Waals surface area contributed by atoms with Crippen LogP contribution in [0.2, 0.25) is 0 Å². The summed E-state index contributed by atoms with van der Waals surface area (Å²) < 4.78 is 0. The highest BCUT2D eigenvalue weighted by Crippen LogP contribution is 2.61. The molecule has 4 bridgehead atoms. The molecule has 7 nitrogen and oxygen atoms in total. The highest BCUT2D eigenvalue weighted by molar-refractivity contribution is 7.03. The molecule has 11 aromatic carbocycles. The van der Waals surface area contributed by atoms with Crippen molar-refractivity contribution in [3.05, 3.63) is 291 Å². The molecular formula is C81H63B2N7. The quantitative estimate of drug-likeness (QED) is 0.126. The zero-order valence-electron chi connectivity index (χ0n) is 50.0. The van der Waals surface area contributed by atoms with E-state index in [9.17, 15) is 0 Å². The molecule has 0 amide bonds. The van der Waals surface area contributed by atoms with Crippen LogP contribution < -0.4 is 62.2 Å². The molecule has 4 aliphatic heterocycles. The van der Waals surface area contributed by atoms with Crippen LogP contribution in [-0.4, -0.2) is 23.9 Å². The third-order valence-electron chi connectivity index (χ3n) is 21.0. The lowest BCUT2D eigenvalue weighted by Crippen LogP contribution is -2.68. The van der Waals surface area contributed by atoms with E-state index >= 15 is 0 Å². The molecule has 4 saturated carbocycles. The fraction of sp³-hybridized carbons (Fsp3) is 0.123. The third-order valence-corrected chi connectivity index (χ3v) is 21.0. The molecule has 1 aromatic heterocycles. The number of hydrogen-bond acceptors (Lipinski definition) is 7. The molecule has 0 radical (unpaired) electrons. The van der Waals surface area contributed by atoms with E-state index in [1.165, 1.54) is 105 Å². The molecule has 90 heavy (non-hydrogen) atoms. The average Bonchev–Trinajstić information content (AvgIpc) is 0.695. The molecule has 0 N–H and O–H groups in total. The molecule has 8 aliphatic rings. The minimum absolute atomic E-state index is 0.123. The second-order valence-corrected chi connectivity index (χ2v) is 26.1. The smallest absolute Gasteiger partial charge is 0.254 e. The topological polar surface area (TPSA) is 32.3 Å². The predicted octanol–water partition coefficient (Wildman–Crippen LogP) is 16.8. The Kier molecular flexibility index (Phi) is 11.6. The first-order chi connectivity index (χ1) is 44.6. The minimum Gasteiger partial charge on any atom is -0.336 e. The Hall–Kier alpha value is -10.5. The summed E-state index contributed by atoms with van der Waals surface area (Å²) in [5.41, 5.74) is 25.0. The van der Waals surface area contributed by atoms with Gasteiger partial charge in [-0.25, -0.2) is 4.98 Å². The number of hydrogen-bond donors (Lipinski definition) is 0. The van der Waals surface area contributed by atoms with Crippen molar-refractivity contribution in [2.45, 2.75) is 44.1 Å². The largest absolute Gasteiger partial charge is 0.336 e. The van der Waals surface area contributed by atoms with Gasteiger partial charge in [0.15, 0.2) is 0 Å². The van der Waals surface area contributed by atoms with Crippen molar-refractivity contribution in [3.8, 4) is 0 Å². The number of pyridine rings is 1. The van der Waals surface area contributed by atoms with Gasteiger partial charge in [0.1, 0.15) is 11.6 Å². The maximum absolute atomic E-state index is 6.13. The van der Waals surface area contributed by atoms with E-state index in [4.69, 9.17) is 4.98 Å². The van der Waals surface area contributed by atoms with Gasteiger partial charge in [-0.3, -0.25) is 9.80 Å². The molecule has 20 rings (SSSR count). The number of benzene rings is 11. The Labute approximate surface area is 527 Å². The number of fused-ring (bicyclic) bond motifs is 8. The van der Waals surface area contributed by atoms with Crippen molar-refractivity contribution in [2.24, 2.45) is 17.8 Å². The lowest BCUT2D eigenvalue weighted by Gasteiger charge is -2.62. The highest BCUT2D eigenvalue weighted by atomic mass is 15.3. The zero-order valence-corrected chi connectivity index (χ0v) is 50.0. The van der Waals surface area contributed by atoms with Crippen LogP contribution >= 0.6 is 0 Å². The van der Waals surface area contributed by atoms with Gasteiger partial charge < -0.3 is 19.6 Å². The third kappa shape index (κ3) is 7.84. The molecule has 12 aromatic rings. The van der Waals surface area contributed by atoms with Gasteiger partial charge in [0.25, 0.3) is 13.4 Å². The molecule has 0 spiro atoms. The van der Waals surface area contributed by atoms with Crippen LogP contribution in [0.25, 0.3) is 0 Å². The standard InChI is InChI=1S/C81H63B2N7/c1-8-26-58(27-9-1)85(59-28-10-2-11-29-59)65-47-74-78-75(48-65)88(63-36-18-6-19-37-63)72-50-73-69(49-68(72)82(78)66-40-22-24-42-70(66)87(74)62-34-16-5-17-35-62)83-67-41-23-25-43-71(67)89(64-38-20-7-21-39-64)80-79(83)76(90(73)81-52-55-44-56(53-81)46-57(45-55)54-81)51-77(84-80)86(60-30-12-3-13-31-60)61-32-14-4-15-33-61/h1-43,47-51,55-57H,44-46,52-54H2. The average molecular weight is 1160 g/mol. The summed E-state index contributed by atoms with van der Waals surface area (Å²) in [5.74, 6) is 3.95. The van der Waals surface area contributed by atoms with Gasteiger partial charge in [0.05, 0.1) is 5.69 Å². The second kappa shape index (κ2) is 20.3. The molecule has 0 atom stereocenters. The minimum atomic E-state index is -0.140. The van der Waals surface area contributed by atoms with Gasteiger partial charge in [-0.15, -0.1) is 0 Å². The second-order valence-electron chi connectivity index (χ2n) is 26.1. The van der Waals surface area contributed by atoms with Gasteiger partial charge in [-0.1, -0.05) is 170 Å². The lowest BCUT2D eigenvalue weighted by atomic mass is 9.30. The van der Waals surface area contributed by atoms with Crippen LogP contribution in [0, 0.1) is 17.8 Å². The van der Waals surface area contributed by atoms with Crippen molar-refractivity contribution >= 4 is 143 Å². The first-order valence-electron chi connectivity index (χ1n) is 32.4. The van der Waals surface area contributed by atoms with Crippen LogP contribution in [0.5, 0.6) is 0 Å².